The summed E-state index contributed by atoms with van der Waals surface area (Å²) in [5.74, 6) is -0.239. The Morgan fingerprint density at radius 3 is 2.76 bits per heavy atom. The number of anilines is 1. The second-order valence-corrected chi connectivity index (χ2v) is 4.94. The molecule has 1 amide bonds. The number of rotatable bonds is 5. The van der Waals surface area contributed by atoms with Crippen LogP contribution in [0, 0.1) is 5.82 Å². The van der Waals surface area contributed by atoms with Crippen LogP contribution in [0.2, 0.25) is 0 Å². The zero-order chi connectivity index (χ0) is 14.9. The van der Waals surface area contributed by atoms with E-state index in [0.29, 0.717) is 6.61 Å². The van der Waals surface area contributed by atoms with Crippen LogP contribution >= 0.6 is 0 Å². The minimum Gasteiger partial charge on any atom is -0.463 e. The Bertz CT molecular complexity index is 649. The van der Waals surface area contributed by atoms with E-state index in [1.807, 2.05) is 6.92 Å². The molecule has 2 aromatic rings. The van der Waals surface area contributed by atoms with Gasteiger partial charge in [0.05, 0.1) is 12.0 Å². The van der Waals surface area contributed by atoms with E-state index >= 15 is 0 Å². The highest BCUT2D eigenvalue weighted by Gasteiger charge is 2.51. The Kier molecular flexibility index (Phi) is 3.32. The second-order valence-electron chi connectivity index (χ2n) is 4.94. The molecule has 1 fully saturated rings. The molecule has 0 atom stereocenters. The van der Waals surface area contributed by atoms with Gasteiger partial charge in [-0.1, -0.05) is 12.1 Å². The first-order chi connectivity index (χ1) is 10.1. The third kappa shape index (κ3) is 2.58. The Morgan fingerprint density at radius 1 is 1.43 bits per heavy atom. The molecule has 1 aliphatic carbocycles. The number of nitrogens with zero attached hydrogens (tertiary/aromatic N) is 2. The number of nitrogens with one attached hydrogen (secondary N) is 2. The zero-order valence-electron chi connectivity index (χ0n) is 11.5. The van der Waals surface area contributed by atoms with Crippen LogP contribution < -0.4 is 10.1 Å². The molecule has 0 radical (unpaired) electrons. The van der Waals surface area contributed by atoms with Gasteiger partial charge in [0.15, 0.2) is 0 Å². The molecule has 1 saturated carbocycles. The Morgan fingerprint density at radius 2 is 2.14 bits per heavy atom. The number of aromatic nitrogens is 3. The molecule has 1 heterocycles. The zero-order valence-corrected chi connectivity index (χ0v) is 11.5. The molecule has 2 N–H and O–H groups in total. The van der Waals surface area contributed by atoms with Crippen LogP contribution in [0.15, 0.2) is 24.3 Å². The van der Waals surface area contributed by atoms with Crippen molar-refractivity contribution in [2.45, 2.75) is 25.2 Å². The summed E-state index contributed by atoms with van der Waals surface area (Å²) in [6.45, 7) is 2.27. The number of carbonyl (C=O) groups excluding carboxylic acids is 1. The maximum absolute atomic E-state index is 13.0. The number of benzene rings is 1. The Balaban J connectivity index is 1.73. The van der Waals surface area contributed by atoms with Crippen LogP contribution in [0.4, 0.5) is 10.3 Å². The van der Waals surface area contributed by atoms with Crippen LogP contribution in [-0.4, -0.2) is 27.7 Å². The smallest absolute Gasteiger partial charge is 0.337 e. The lowest BCUT2D eigenvalue weighted by Gasteiger charge is -2.14. The molecule has 7 heteroatoms. The molecule has 3 rings (SSSR count). The largest absolute Gasteiger partial charge is 0.463 e. The van der Waals surface area contributed by atoms with Crippen molar-refractivity contribution in [3.05, 3.63) is 35.6 Å². The van der Waals surface area contributed by atoms with Gasteiger partial charge < -0.3 is 4.74 Å². The number of amides is 1. The van der Waals surface area contributed by atoms with Crippen molar-refractivity contribution >= 4 is 11.9 Å². The van der Waals surface area contributed by atoms with Gasteiger partial charge in [-0.15, -0.1) is 5.10 Å². The van der Waals surface area contributed by atoms with Crippen molar-refractivity contribution in [3.8, 4) is 6.01 Å². The van der Waals surface area contributed by atoms with Gasteiger partial charge in [-0.25, -0.2) is 9.49 Å². The van der Waals surface area contributed by atoms with Gasteiger partial charge in [-0.05, 0) is 37.5 Å². The lowest BCUT2D eigenvalue weighted by atomic mass is 9.95. The molecule has 1 aromatic heterocycles. The minimum absolute atomic E-state index is 0.173. The number of aromatic amines is 1. The summed E-state index contributed by atoms with van der Waals surface area (Å²) in [6.07, 6.45) is 1.47. The summed E-state index contributed by atoms with van der Waals surface area (Å²) in [4.78, 5) is 16.4. The SMILES string of the molecule is CCOc1n[nH]c(NC(=O)C2(c3ccc(F)cc3)CC2)n1. The lowest BCUT2D eigenvalue weighted by molar-refractivity contribution is -0.118. The quantitative estimate of drug-likeness (QED) is 0.882. The van der Waals surface area contributed by atoms with Crippen LogP contribution in [0.5, 0.6) is 6.01 Å². The molecule has 0 spiro atoms. The van der Waals surface area contributed by atoms with Crippen molar-refractivity contribution in [1.29, 1.82) is 0 Å². The molecule has 1 aliphatic rings. The monoisotopic (exact) mass is 290 g/mol. The summed E-state index contributed by atoms with van der Waals surface area (Å²) >= 11 is 0. The molecular formula is C14H15FN4O2. The normalized spacial score (nSPS) is 15.5. The van der Waals surface area contributed by atoms with Gasteiger partial charge in [0.1, 0.15) is 5.82 Å². The Hall–Kier alpha value is -2.44. The molecule has 0 aliphatic heterocycles. The minimum atomic E-state index is -0.591. The van der Waals surface area contributed by atoms with E-state index in [1.165, 1.54) is 12.1 Å². The van der Waals surface area contributed by atoms with E-state index in [4.69, 9.17) is 4.74 Å². The molecule has 21 heavy (non-hydrogen) atoms. The molecular weight excluding hydrogens is 275 g/mol. The maximum atomic E-state index is 13.0. The summed E-state index contributed by atoms with van der Waals surface area (Å²) in [5, 5.41) is 9.12. The number of H-pyrrole nitrogens is 1. The van der Waals surface area contributed by atoms with E-state index in [-0.39, 0.29) is 23.7 Å². The second kappa shape index (κ2) is 5.16. The third-order valence-corrected chi connectivity index (χ3v) is 3.55. The van der Waals surface area contributed by atoms with Gasteiger partial charge in [-0.3, -0.25) is 10.1 Å². The number of ether oxygens (including phenoxy) is 1. The van der Waals surface area contributed by atoms with Gasteiger partial charge in [0, 0.05) is 0 Å². The Labute approximate surface area is 120 Å². The molecule has 1 aromatic carbocycles. The van der Waals surface area contributed by atoms with Crippen LogP contribution in [0.25, 0.3) is 0 Å². The van der Waals surface area contributed by atoms with E-state index in [0.717, 1.165) is 18.4 Å². The van der Waals surface area contributed by atoms with Crippen molar-refractivity contribution < 1.29 is 13.9 Å². The van der Waals surface area contributed by atoms with E-state index in [9.17, 15) is 9.18 Å². The van der Waals surface area contributed by atoms with Crippen LogP contribution in [-0.2, 0) is 10.2 Å². The highest BCUT2D eigenvalue weighted by molar-refractivity contribution is 6.00. The van der Waals surface area contributed by atoms with Crippen LogP contribution in [0.3, 0.4) is 0 Å². The van der Waals surface area contributed by atoms with Gasteiger partial charge in [0.2, 0.25) is 11.9 Å². The fraction of sp³-hybridized carbons (Fsp3) is 0.357. The fourth-order valence-electron chi connectivity index (χ4n) is 2.26. The topological polar surface area (TPSA) is 79.9 Å². The number of hydrogen-bond acceptors (Lipinski definition) is 4. The maximum Gasteiger partial charge on any atom is 0.337 e. The molecule has 0 bridgehead atoms. The summed E-state index contributed by atoms with van der Waals surface area (Å²) in [5.41, 5.74) is 0.220. The van der Waals surface area contributed by atoms with Crippen LogP contribution in [0.1, 0.15) is 25.3 Å². The average molecular weight is 290 g/mol. The highest BCUT2D eigenvalue weighted by Crippen LogP contribution is 2.48. The van der Waals surface area contributed by atoms with Gasteiger partial charge in [-0.2, -0.15) is 4.98 Å². The van der Waals surface area contributed by atoms with Crippen molar-refractivity contribution in [1.82, 2.24) is 15.2 Å². The first-order valence-corrected chi connectivity index (χ1v) is 6.77. The fourth-order valence-corrected chi connectivity index (χ4v) is 2.26. The van der Waals surface area contributed by atoms with Gasteiger partial charge in [0.25, 0.3) is 0 Å². The first kappa shape index (κ1) is 13.5. The number of halogens is 1. The predicted octanol–water partition coefficient (Wildman–Crippen LogP) is 2.01. The van der Waals surface area contributed by atoms with E-state index in [2.05, 4.69) is 20.5 Å². The molecule has 0 saturated heterocycles. The van der Waals surface area contributed by atoms with Crippen molar-refractivity contribution in [2.24, 2.45) is 0 Å². The molecule has 110 valence electrons. The average Bonchev–Trinajstić information content (AvgIpc) is 3.17. The van der Waals surface area contributed by atoms with Gasteiger partial charge >= 0.3 is 6.01 Å². The standard InChI is InChI=1S/C14H15FN4O2/c1-2-21-13-17-12(18-19-13)16-11(20)14(7-8-14)9-3-5-10(15)6-4-9/h3-6H,2,7-8H2,1H3,(H2,16,17,18,19,20). The highest BCUT2D eigenvalue weighted by atomic mass is 19.1. The van der Waals surface area contributed by atoms with E-state index in [1.54, 1.807) is 12.1 Å². The summed E-state index contributed by atoms with van der Waals surface area (Å²) in [6, 6.07) is 6.22. The lowest BCUT2D eigenvalue weighted by Crippen LogP contribution is -2.28. The number of hydrogen-bond donors (Lipinski definition) is 2. The summed E-state index contributed by atoms with van der Waals surface area (Å²) in [7, 11) is 0. The molecule has 0 unspecified atom stereocenters. The first-order valence-electron chi connectivity index (χ1n) is 6.77. The molecule has 6 nitrogen and oxygen atoms in total. The third-order valence-electron chi connectivity index (χ3n) is 3.55. The number of carbonyl (C=O) groups is 1. The van der Waals surface area contributed by atoms with E-state index < -0.39 is 5.41 Å². The van der Waals surface area contributed by atoms with Crippen molar-refractivity contribution in [3.63, 3.8) is 0 Å². The van der Waals surface area contributed by atoms with Crippen molar-refractivity contribution in [2.75, 3.05) is 11.9 Å². The predicted molar refractivity (Wildman–Crippen MR) is 73.5 cm³/mol. The summed E-state index contributed by atoms with van der Waals surface area (Å²) < 4.78 is 18.1.